The molecule has 1 saturated heterocycles. The highest BCUT2D eigenvalue weighted by molar-refractivity contribution is 4.46. The lowest BCUT2D eigenvalue weighted by Gasteiger charge is -2.21. The molecule has 4 heteroatoms. The average Bonchev–Trinajstić information content (AvgIpc) is 1.91. The van der Waals surface area contributed by atoms with Crippen molar-refractivity contribution in [1.29, 1.82) is 0 Å². The van der Waals surface area contributed by atoms with E-state index in [0.29, 0.717) is 19.8 Å². The molecule has 1 rings (SSSR count). The first-order chi connectivity index (χ1) is 4.43. The lowest BCUT2D eigenvalue weighted by molar-refractivity contribution is -0.235. The fourth-order valence-corrected chi connectivity index (χ4v) is 0.646. The topological polar surface area (TPSA) is 47.9 Å². The van der Waals surface area contributed by atoms with Crippen LogP contribution in [0.25, 0.3) is 0 Å². The number of aliphatic hydroxyl groups is 1. The van der Waals surface area contributed by atoms with Gasteiger partial charge in [-0.05, 0) is 0 Å². The monoisotopic (exact) mass is 134 g/mol. The van der Waals surface area contributed by atoms with Crippen molar-refractivity contribution in [3.63, 3.8) is 0 Å². The predicted octanol–water partition coefficient (Wildman–Crippen LogP) is -0.674. The van der Waals surface area contributed by atoms with Crippen molar-refractivity contribution < 1.29 is 19.3 Å². The molecule has 1 aliphatic rings. The molecule has 1 heterocycles. The summed E-state index contributed by atoms with van der Waals surface area (Å²) in [5, 5.41) is 8.26. The molecule has 1 aliphatic heterocycles. The summed E-state index contributed by atoms with van der Waals surface area (Å²) in [4.78, 5) is 0. The number of rotatable bonds is 2. The van der Waals surface area contributed by atoms with Crippen molar-refractivity contribution in [3.8, 4) is 0 Å². The van der Waals surface area contributed by atoms with Crippen molar-refractivity contribution in [2.75, 3.05) is 26.6 Å². The summed E-state index contributed by atoms with van der Waals surface area (Å²) in [5.74, 6) is 0. The van der Waals surface area contributed by atoms with Crippen LogP contribution in [0.1, 0.15) is 0 Å². The Morgan fingerprint density at radius 2 is 2.44 bits per heavy atom. The molecule has 1 fully saturated rings. The smallest absolute Gasteiger partial charge is 0.183 e. The van der Waals surface area contributed by atoms with E-state index in [-0.39, 0.29) is 13.1 Å². The van der Waals surface area contributed by atoms with Crippen molar-refractivity contribution in [3.05, 3.63) is 0 Å². The average molecular weight is 134 g/mol. The first kappa shape index (κ1) is 6.95. The molecule has 1 atom stereocenters. The van der Waals surface area contributed by atoms with Gasteiger partial charge in [0.05, 0.1) is 19.8 Å². The van der Waals surface area contributed by atoms with E-state index in [4.69, 9.17) is 19.3 Å². The zero-order chi connectivity index (χ0) is 6.53. The van der Waals surface area contributed by atoms with Gasteiger partial charge in [0.15, 0.2) is 6.29 Å². The minimum Gasteiger partial charge on any atom is -0.374 e. The third-order valence-electron chi connectivity index (χ3n) is 1.05. The van der Waals surface area contributed by atoms with Gasteiger partial charge in [-0.1, -0.05) is 0 Å². The quantitative estimate of drug-likeness (QED) is 0.508. The summed E-state index contributed by atoms with van der Waals surface area (Å²) in [6.07, 6.45) is -0.372. The van der Waals surface area contributed by atoms with Crippen molar-refractivity contribution in [2.45, 2.75) is 6.29 Å². The van der Waals surface area contributed by atoms with Crippen LogP contribution >= 0.6 is 0 Å². The number of aliphatic hydroxyl groups excluding tert-OH is 1. The Balaban J connectivity index is 2.08. The standard InChI is InChI=1S/C5H10O4/c6-4-9-5-3-7-1-2-8-5/h5-6H,1-4H2. The summed E-state index contributed by atoms with van der Waals surface area (Å²) < 4.78 is 14.7. The van der Waals surface area contributed by atoms with E-state index in [2.05, 4.69) is 0 Å². The molecule has 0 bridgehead atoms. The van der Waals surface area contributed by atoms with E-state index >= 15 is 0 Å². The van der Waals surface area contributed by atoms with Gasteiger partial charge in [-0.2, -0.15) is 0 Å². The zero-order valence-electron chi connectivity index (χ0n) is 5.08. The second-order valence-corrected chi connectivity index (χ2v) is 1.67. The van der Waals surface area contributed by atoms with Crippen molar-refractivity contribution in [2.24, 2.45) is 0 Å². The maximum Gasteiger partial charge on any atom is 0.183 e. The molecule has 0 spiro atoms. The van der Waals surface area contributed by atoms with Crippen molar-refractivity contribution >= 4 is 0 Å². The van der Waals surface area contributed by atoms with E-state index in [9.17, 15) is 0 Å². The predicted molar refractivity (Wildman–Crippen MR) is 28.7 cm³/mol. The molecular weight excluding hydrogens is 124 g/mol. The van der Waals surface area contributed by atoms with Crippen LogP contribution in [0.3, 0.4) is 0 Å². The molecule has 0 aliphatic carbocycles. The lowest BCUT2D eigenvalue weighted by Crippen LogP contribution is -2.31. The molecule has 0 amide bonds. The highest BCUT2D eigenvalue weighted by atomic mass is 16.7. The second-order valence-electron chi connectivity index (χ2n) is 1.67. The Morgan fingerprint density at radius 1 is 1.56 bits per heavy atom. The van der Waals surface area contributed by atoms with E-state index in [1.54, 1.807) is 0 Å². The van der Waals surface area contributed by atoms with Crippen LogP contribution in [0.5, 0.6) is 0 Å². The molecule has 0 aromatic carbocycles. The van der Waals surface area contributed by atoms with Crippen LogP contribution in [0.2, 0.25) is 0 Å². The highest BCUT2D eigenvalue weighted by Crippen LogP contribution is 2.00. The van der Waals surface area contributed by atoms with E-state index in [1.165, 1.54) is 0 Å². The van der Waals surface area contributed by atoms with Gasteiger partial charge in [0.2, 0.25) is 0 Å². The molecule has 1 N–H and O–H groups in total. The summed E-state index contributed by atoms with van der Waals surface area (Å²) in [7, 11) is 0. The number of hydrogen-bond acceptors (Lipinski definition) is 4. The van der Waals surface area contributed by atoms with E-state index < -0.39 is 0 Å². The van der Waals surface area contributed by atoms with E-state index in [0.717, 1.165) is 0 Å². The first-order valence-electron chi connectivity index (χ1n) is 2.85. The summed E-state index contributed by atoms with van der Waals surface area (Å²) in [6, 6.07) is 0. The Bertz CT molecular complexity index is 66.6. The lowest BCUT2D eigenvalue weighted by atomic mass is 10.6. The van der Waals surface area contributed by atoms with Gasteiger partial charge in [0.1, 0.15) is 6.79 Å². The zero-order valence-corrected chi connectivity index (χ0v) is 5.08. The summed E-state index contributed by atoms with van der Waals surface area (Å²) in [5.41, 5.74) is 0. The molecule has 54 valence electrons. The minimum atomic E-state index is -0.372. The molecule has 0 aromatic rings. The van der Waals surface area contributed by atoms with Gasteiger partial charge >= 0.3 is 0 Å². The van der Waals surface area contributed by atoms with Gasteiger partial charge in [-0.3, -0.25) is 0 Å². The van der Waals surface area contributed by atoms with Crippen LogP contribution in [0.15, 0.2) is 0 Å². The molecule has 0 radical (unpaired) electrons. The van der Waals surface area contributed by atoms with Crippen LogP contribution in [0.4, 0.5) is 0 Å². The fourth-order valence-electron chi connectivity index (χ4n) is 0.646. The molecule has 9 heavy (non-hydrogen) atoms. The van der Waals surface area contributed by atoms with Crippen molar-refractivity contribution in [1.82, 2.24) is 0 Å². The van der Waals surface area contributed by atoms with Crippen LogP contribution in [-0.2, 0) is 14.2 Å². The Kier molecular flexibility index (Phi) is 2.93. The first-order valence-corrected chi connectivity index (χ1v) is 2.85. The molecule has 0 aromatic heterocycles. The summed E-state index contributed by atoms with van der Waals surface area (Å²) in [6.45, 7) is 1.27. The normalized spacial score (nSPS) is 28.3. The third kappa shape index (κ3) is 2.28. The second kappa shape index (κ2) is 3.79. The molecule has 4 nitrogen and oxygen atoms in total. The largest absolute Gasteiger partial charge is 0.374 e. The van der Waals surface area contributed by atoms with Crippen LogP contribution in [-0.4, -0.2) is 38.0 Å². The van der Waals surface area contributed by atoms with Gasteiger partial charge in [0.25, 0.3) is 0 Å². The van der Waals surface area contributed by atoms with Gasteiger partial charge < -0.3 is 19.3 Å². The van der Waals surface area contributed by atoms with Gasteiger partial charge in [-0.15, -0.1) is 0 Å². The number of hydrogen-bond donors (Lipinski definition) is 1. The van der Waals surface area contributed by atoms with Crippen LogP contribution in [0, 0.1) is 0 Å². The summed E-state index contributed by atoms with van der Waals surface area (Å²) >= 11 is 0. The Morgan fingerprint density at radius 3 is 3.00 bits per heavy atom. The molecule has 1 unspecified atom stereocenters. The minimum absolute atomic E-state index is 0.311. The van der Waals surface area contributed by atoms with E-state index in [1.807, 2.05) is 0 Å². The van der Waals surface area contributed by atoms with Gasteiger partial charge in [-0.25, -0.2) is 0 Å². The fraction of sp³-hybridized carbons (Fsp3) is 1.00. The Hall–Kier alpha value is -0.160. The Labute approximate surface area is 53.3 Å². The third-order valence-corrected chi connectivity index (χ3v) is 1.05. The van der Waals surface area contributed by atoms with Crippen LogP contribution < -0.4 is 0 Å². The van der Waals surface area contributed by atoms with Gasteiger partial charge in [0, 0.05) is 0 Å². The number of ether oxygens (including phenoxy) is 3. The maximum absolute atomic E-state index is 8.26. The maximum atomic E-state index is 8.26. The highest BCUT2D eigenvalue weighted by Gasteiger charge is 2.12. The SMILES string of the molecule is OCOC1COCCO1. The molecular formula is C5H10O4. The molecule has 0 saturated carbocycles.